The second kappa shape index (κ2) is 5.18. The van der Waals surface area contributed by atoms with Crippen LogP contribution in [-0.2, 0) is 4.74 Å². The Morgan fingerprint density at radius 3 is 2.94 bits per heavy atom. The first-order chi connectivity index (χ1) is 8.11. The SMILES string of the molecule is Cc1nc(C)c(C(=O)N2CCOC(CBr)C2)o1. The lowest BCUT2D eigenvalue weighted by atomic mass is 10.2. The van der Waals surface area contributed by atoms with E-state index in [1.165, 1.54) is 0 Å². The van der Waals surface area contributed by atoms with Gasteiger partial charge in [-0.2, -0.15) is 0 Å². The number of morpholine rings is 1. The summed E-state index contributed by atoms with van der Waals surface area (Å²) in [6.07, 6.45) is 0.0528. The molecule has 0 aromatic carbocycles. The molecule has 1 saturated heterocycles. The lowest BCUT2D eigenvalue weighted by molar-refractivity contribution is -0.0108. The number of halogens is 1. The standard InChI is InChI=1S/C11H15BrN2O3/c1-7-10(17-8(2)13-7)11(15)14-3-4-16-9(5-12)6-14/h9H,3-6H2,1-2H3. The largest absolute Gasteiger partial charge is 0.436 e. The molecular formula is C11H15BrN2O3. The van der Waals surface area contributed by atoms with Gasteiger partial charge in [0, 0.05) is 25.3 Å². The highest BCUT2D eigenvalue weighted by atomic mass is 79.9. The van der Waals surface area contributed by atoms with Crippen molar-refractivity contribution in [2.45, 2.75) is 20.0 Å². The Kier molecular flexibility index (Phi) is 3.83. The molecule has 0 saturated carbocycles. The molecule has 0 aliphatic carbocycles. The van der Waals surface area contributed by atoms with E-state index in [-0.39, 0.29) is 12.0 Å². The Balaban J connectivity index is 2.12. The van der Waals surface area contributed by atoms with Gasteiger partial charge in [-0.1, -0.05) is 15.9 Å². The van der Waals surface area contributed by atoms with Crippen LogP contribution in [0.1, 0.15) is 22.1 Å². The fourth-order valence-electron chi connectivity index (χ4n) is 1.87. The third-order valence-corrected chi connectivity index (χ3v) is 3.42. The van der Waals surface area contributed by atoms with Gasteiger partial charge >= 0.3 is 0 Å². The minimum absolute atomic E-state index is 0.0528. The number of carbonyl (C=O) groups is 1. The zero-order valence-corrected chi connectivity index (χ0v) is 11.5. The number of aromatic nitrogens is 1. The molecule has 1 aromatic heterocycles. The monoisotopic (exact) mass is 302 g/mol. The first-order valence-corrected chi connectivity index (χ1v) is 6.65. The molecule has 1 aromatic rings. The Hall–Kier alpha value is -0.880. The van der Waals surface area contributed by atoms with Crippen molar-refractivity contribution in [1.82, 2.24) is 9.88 Å². The Morgan fingerprint density at radius 1 is 1.59 bits per heavy atom. The molecule has 1 fully saturated rings. The maximum atomic E-state index is 12.2. The van der Waals surface area contributed by atoms with Crippen molar-refractivity contribution in [1.29, 1.82) is 0 Å². The third-order valence-electron chi connectivity index (χ3n) is 2.70. The van der Waals surface area contributed by atoms with Crippen LogP contribution < -0.4 is 0 Å². The van der Waals surface area contributed by atoms with Crippen LogP contribution in [0.15, 0.2) is 4.42 Å². The molecular weight excluding hydrogens is 288 g/mol. The predicted molar refractivity (Wildman–Crippen MR) is 65.4 cm³/mol. The summed E-state index contributed by atoms with van der Waals surface area (Å²) in [5.74, 6) is 0.770. The number of hydrogen-bond donors (Lipinski definition) is 0. The van der Waals surface area contributed by atoms with E-state index in [4.69, 9.17) is 9.15 Å². The molecule has 0 bridgehead atoms. The lowest BCUT2D eigenvalue weighted by Gasteiger charge is -2.31. The second-order valence-corrected chi connectivity index (χ2v) is 4.69. The average Bonchev–Trinajstić information content (AvgIpc) is 2.67. The van der Waals surface area contributed by atoms with Gasteiger partial charge in [0.2, 0.25) is 5.76 Å². The van der Waals surface area contributed by atoms with Gasteiger partial charge in [-0.05, 0) is 6.92 Å². The lowest BCUT2D eigenvalue weighted by Crippen LogP contribution is -2.46. The van der Waals surface area contributed by atoms with E-state index in [1.54, 1.807) is 18.7 Å². The summed E-state index contributed by atoms with van der Waals surface area (Å²) < 4.78 is 10.8. The maximum absolute atomic E-state index is 12.2. The van der Waals surface area contributed by atoms with Crippen LogP contribution in [0.5, 0.6) is 0 Å². The molecule has 1 aliphatic rings. The molecule has 2 rings (SSSR count). The maximum Gasteiger partial charge on any atom is 0.291 e. The van der Waals surface area contributed by atoms with E-state index in [0.717, 1.165) is 5.33 Å². The number of rotatable bonds is 2. The minimum Gasteiger partial charge on any atom is -0.436 e. The number of carbonyl (C=O) groups excluding carboxylic acids is 1. The molecule has 17 heavy (non-hydrogen) atoms. The predicted octanol–water partition coefficient (Wildman–Crippen LogP) is 1.53. The highest BCUT2D eigenvalue weighted by Gasteiger charge is 2.27. The fourth-order valence-corrected chi connectivity index (χ4v) is 2.26. The van der Waals surface area contributed by atoms with Crippen molar-refractivity contribution in [2.24, 2.45) is 0 Å². The van der Waals surface area contributed by atoms with Gasteiger partial charge in [-0.15, -0.1) is 0 Å². The number of oxazole rings is 1. The zero-order valence-electron chi connectivity index (χ0n) is 9.90. The summed E-state index contributed by atoms with van der Waals surface area (Å²) in [5.41, 5.74) is 0.648. The van der Waals surface area contributed by atoms with Crippen LogP contribution in [0.2, 0.25) is 0 Å². The number of hydrogen-bond acceptors (Lipinski definition) is 4. The topological polar surface area (TPSA) is 55.6 Å². The van der Waals surface area contributed by atoms with E-state index in [1.807, 2.05) is 0 Å². The second-order valence-electron chi connectivity index (χ2n) is 4.05. The van der Waals surface area contributed by atoms with Crippen LogP contribution in [-0.4, -0.2) is 46.9 Å². The third kappa shape index (κ3) is 2.69. The van der Waals surface area contributed by atoms with Gasteiger partial charge in [0.25, 0.3) is 5.91 Å². The molecule has 6 heteroatoms. The number of nitrogens with zero attached hydrogens (tertiary/aromatic N) is 2. The minimum atomic E-state index is -0.0997. The number of ether oxygens (including phenoxy) is 1. The van der Waals surface area contributed by atoms with Crippen molar-refractivity contribution < 1.29 is 13.9 Å². The fraction of sp³-hybridized carbons (Fsp3) is 0.636. The number of aryl methyl sites for hydroxylation is 2. The van der Waals surface area contributed by atoms with Crippen LogP contribution in [0.3, 0.4) is 0 Å². The first kappa shape index (κ1) is 12.6. The van der Waals surface area contributed by atoms with Crippen LogP contribution in [0.25, 0.3) is 0 Å². The van der Waals surface area contributed by atoms with Crippen molar-refractivity contribution >= 4 is 21.8 Å². The summed E-state index contributed by atoms with van der Waals surface area (Å²) in [5, 5.41) is 0.727. The van der Waals surface area contributed by atoms with E-state index >= 15 is 0 Å². The van der Waals surface area contributed by atoms with E-state index in [0.29, 0.717) is 37.0 Å². The van der Waals surface area contributed by atoms with Gasteiger partial charge in [0.05, 0.1) is 18.4 Å². The molecule has 94 valence electrons. The molecule has 2 heterocycles. The number of amides is 1. The van der Waals surface area contributed by atoms with Crippen molar-refractivity contribution in [3.05, 3.63) is 17.3 Å². The van der Waals surface area contributed by atoms with Crippen LogP contribution in [0.4, 0.5) is 0 Å². The molecule has 1 unspecified atom stereocenters. The Morgan fingerprint density at radius 2 is 2.35 bits per heavy atom. The molecule has 1 amide bonds. The van der Waals surface area contributed by atoms with E-state index in [2.05, 4.69) is 20.9 Å². The van der Waals surface area contributed by atoms with Gasteiger partial charge < -0.3 is 14.1 Å². The first-order valence-electron chi connectivity index (χ1n) is 5.52. The quantitative estimate of drug-likeness (QED) is 0.778. The van der Waals surface area contributed by atoms with E-state index < -0.39 is 0 Å². The van der Waals surface area contributed by atoms with Crippen molar-refractivity contribution in [3.8, 4) is 0 Å². The van der Waals surface area contributed by atoms with E-state index in [9.17, 15) is 4.79 Å². The molecule has 0 spiro atoms. The van der Waals surface area contributed by atoms with Gasteiger partial charge in [-0.25, -0.2) is 4.98 Å². The van der Waals surface area contributed by atoms with Crippen LogP contribution in [0, 0.1) is 13.8 Å². The highest BCUT2D eigenvalue weighted by molar-refractivity contribution is 9.09. The Labute approximate surface area is 108 Å². The summed E-state index contributed by atoms with van der Waals surface area (Å²) in [4.78, 5) is 18.1. The molecule has 0 radical (unpaired) electrons. The molecule has 5 nitrogen and oxygen atoms in total. The smallest absolute Gasteiger partial charge is 0.291 e. The summed E-state index contributed by atoms with van der Waals surface area (Å²) in [6, 6.07) is 0. The number of alkyl halides is 1. The highest BCUT2D eigenvalue weighted by Crippen LogP contribution is 2.15. The zero-order chi connectivity index (χ0) is 12.4. The average molecular weight is 303 g/mol. The van der Waals surface area contributed by atoms with Gasteiger partial charge in [0.15, 0.2) is 5.89 Å². The van der Waals surface area contributed by atoms with Crippen LogP contribution >= 0.6 is 15.9 Å². The Bertz CT molecular complexity index is 419. The van der Waals surface area contributed by atoms with Crippen molar-refractivity contribution in [3.63, 3.8) is 0 Å². The summed E-state index contributed by atoms with van der Waals surface area (Å²) in [7, 11) is 0. The summed E-state index contributed by atoms with van der Waals surface area (Å²) >= 11 is 3.36. The molecule has 1 aliphatic heterocycles. The van der Waals surface area contributed by atoms with Gasteiger partial charge in [0.1, 0.15) is 0 Å². The normalized spacial score (nSPS) is 20.6. The molecule has 0 N–H and O–H groups in total. The van der Waals surface area contributed by atoms with Crippen molar-refractivity contribution in [2.75, 3.05) is 25.0 Å². The molecule has 1 atom stereocenters. The summed E-state index contributed by atoms with van der Waals surface area (Å²) in [6.45, 7) is 5.27. The van der Waals surface area contributed by atoms with Gasteiger partial charge in [-0.3, -0.25) is 4.79 Å².